The summed E-state index contributed by atoms with van der Waals surface area (Å²) in [6.07, 6.45) is 3.14. The Labute approximate surface area is 145 Å². The summed E-state index contributed by atoms with van der Waals surface area (Å²) in [6.45, 7) is 2.12. The number of phenols is 1. The van der Waals surface area contributed by atoms with Crippen molar-refractivity contribution < 1.29 is 28.8 Å². The van der Waals surface area contributed by atoms with Gasteiger partial charge in [0.15, 0.2) is 28.8 Å². The van der Waals surface area contributed by atoms with Crippen molar-refractivity contribution in [2.24, 2.45) is 0 Å². The van der Waals surface area contributed by atoms with E-state index in [-0.39, 0.29) is 29.8 Å². The molecule has 0 spiro atoms. The lowest BCUT2D eigenvalue weighted by Crippen LogP contribution is -1.98. The number of fused-ring (bicyclic) bond motifs is 1. The molecule has 0 aliphatic carbocycles. The van der Waals surface area contributed by atoms with Crippen molar-refractivity contribution in [3.63, 3.8) is 0 Å². The zero-order chi connectivity index (χ0) is 18.0. The number of aromatic hydroxyl groups is 1. The van der Waals surface area contributed by atoms with Crippen LogP contribution in [0.25, 0.3) is 6.08 Å². The highest BCUT2D eigenvalue weighted by molar-refractivity contribution is 6.07. The Balaban J connectivity index is 1.87. The molecule has 0 saturated heterocycles. The highest BCUT2D eigenvalue weighted by Crippen LogP contribution is 2.38. The molecule has 2 aromatic carbocycles. The van der Waals surface area contributed by atoms with Gasteiger partial charge in [0.2, 0.25) is 12.5 Å². The SMILES string of the molecule is COc1cc(C(=O)/C=C/c2cc(C)c3c(c2)OCO3)cc(OC)c1O. The van der Waals surface area contributed by atoms with Crippen LogP contribution < -0.4 is 18.9 Å². The van der Waals surface area contributed by atoms with Gasteiger partial charge in [-0.2, -0.15) is 0 Å². The monoisotopic (exact) mass is 342 g/mol. The predicted octanol–water partition coefficient (Wildman–Crippen LogP) is 3.34. The molecule has 130 valence electrons. The van der Waals surface area contributed by atoms with Crippen LogP contribution in [-0.2, 0) is 0 Å². The normalized spacial score (nSPS) is 12.4. The van der Waals surface area contributed by atoms with Crippen molar-refractivity contribution in [2.45, 2.75) is 6.92 Å². The molecule has 0 saturated carbocycles. The van der Waals surface area contributed by atoms with Gasteiger partial charge < -0.3 is 24.1 Å². The lowest BCUT2D eigenvalue weighted by molar-refractivity contribution is 0.104. The third kappa shape index (κ3) is 3.24. The Morgan fingerprint density at radius 1 is 1.12 bits per heavy atom. The number of aryl methyl sites for hydroxylation is 1. The molecule has 25 heavy (non-hydrogen) atoms. The Hall–Kier alpha value is -3.15. The van der Waals surface area contributed by atoms with Crippen LogP contribution in [0.2, 0.25) is 0 Å². The molecule has 0 radical (unpaired) electrons. The molecule has 0 atom stereocenters. The summed E-state index contributed by atoms with van der Waals surface area (Å²) in [5, 5.41) is 9.92. The molecule has 0 unspecified atom stereocenters. The van der Waals surface area contributed by atoms with Gasteiger partial charge in [0.25, 0.3) is 0 Å². The molecule has 2 aromatic rings. The quantitative estimate of drug-likeness (QED) is 0.663. The van der Waals surface area contributed by atoms with Gasteiger partial charge in [-0.3, -0.25) is 4.79 Å². The van der Waals surface area contributed by atoms with E-state index in [2.05, 4.69) is 0 Å². The van der Waals surface area contributed by atoms with Crippen LogP contribution in [0.5, 0.6) is 28.7 Å². The summed E-state index contributed by atoms with van der Waals surface area (Å²) in [6, 6.07) is 6.66. The minimum Gasteiger partial charge on any atom is -0.502 e. The van der Waals surface area contributed by atoms with Crippen LogP contribution in [0, 0.1) is 6.92 Å². The summed E-state index contributed by atoms with van der Waals surface area (Å²) >= 11 is 0. The molecule has 0 amide bonds. The fraction of sp³-hybridized carbons (Fsp3) is 0.211. The van der Waals surface area contributed by atoms with Gasteiger partial charge in [0.05, 0.1) is 14.2 Å². The molecule has 1 aliphatic heterocycles. The fourth-order valence-electron chi connectivity index (χ4n) is 2.61. The average molecular weight is 342 g/mol. The van der Waals surface area contributed by atoms with Gasteiger partial charge in [-0.05, 0) is 48.4 Å². The number of carbonyl (C=O) groups excluding carboxylic acids is 1. The van der Waals surface area contributed by atoms with E-state index in [1.165, 1.54) is 32.4 Å². The topological polar surface area (TPSA) is 74.2 Å². The van der Waals surface area contributed by atoms with E-state index >= 15 is 0 Å². The second kappa shape index (κ2) is 6.76. The maximum absolute atomic E-state index is 12.4. The van der Waals surface area contributed by atoms with Crippen molar-refractivity contribution in [1.29, 1.82) is 0 Å². The highest BCUT2D eigenvalue weighted by Gasteiger charge is 2.17. The molecule has 0 aromatic heterocycles. The first kappa shape index (κ1) is 16.7. The number of ketones is 1. The number of methoxy groups -OCH3 is 2. The smallest absolute Gasteiger partial charge is 0.231 e. The van der Waals surface area contributed by atoms with E-state index < -0.39 is 0 Å². The van der Waals surface area contributed by atoms with E-state index in [1.54, 1.807) is 6.08 Å². The third-order valence-electron chi connectivity index (χ3n) is 3.87. The van der Waals surface area contributed by atoms with E-state index in [4.69, 9.17) is 18.9 Å². The maximum atomic E-state index is 12.4. The van der Waals surface area contributed by atoms with E-state index in [0.29, 0.717) is 11.3 Å². The third-order valence-corrected chi connectivity index (χ3v) is 3.87. The Kier molecular flexibility index (Phi) is 4.52. The second-order valence-corrected chi connectivity index (χ2v) is 5.50. The Bertz CT molecular complexity index is 828. The van der Waals surface area contributed by atoms with E-state index in [9.17, 15) is 9.90 Å². The van der Waals surface area contributed by atoms with E-state index in [0.717, 1.165) is 16.9 Å². The fourth-order valence-corrected chi connectivity index (χ4v) is 2.61. The molecular weight excluding hydrogens is 324 g/mol. The molecule has 1 heterocycles. The number of phenolic OH excluding ortho intramolecular Hbond substituents is 1. The first-order valence-electron chi connectivity index (χ1n) is 7.61. The van der Waals surface area contributed by atoms with Crippen molar-refractivity contribution in [3.8, 4) is 28.7 Å². The molecule has 0 fully saturated rings. The maximum Gasteiger partial charge on any atom is 0.231 e. The van der Waals surface area contributed by atoms with Crippen LogP contribution in [0.15, 0.2) is 30.3 Å². The number of hydrogen-bond donors (Lipinski definition) is 1. The van der Waals surface area contributed by atoms with Crippen molar-refractivity contribution in [3.05, 3.63) is 47.0 Å². The largest absolute Gasteiger partial charge is 0.502 e. The Morgan fingerprint density at radius 3 is 2.44 bits per heavy atom. The lowest BCUT2D eigenvalue weighted by atomic mass is 10.1. The van der Waals surface area contributed by atoms with Crippen LogP contribution in [0.1, 0.15) is 21.5 Å². The van der Waals surface area contributed by atoms with Crippen molar-refractivity contribution in [1.82, 2.24) is 0 Å². The van der Waals surface area contributed by atoms with Crippen LogP contribution in [-0.4, -0.2) is 31.9 Å². The molecule has 6 nitrogen and oxygen atoms in total. The number of hydrogen-bond acceptors (Lipinski definition) is 6. The van der Waals surface area contributed by atoms with Gasteiger partial charge >= 0.3 is 0 Å². The number of rotatable bonds is 5. The predicted molar refractivity (Wildman–Crippen MR) is 91.9 cm³/mol. The molecule has 6 heteroatoms. The summed E-state index contributed by atoms with van der Waals surface area (Å²) in [5.74, 6) is 1.37. The summed E-state index contributed by atoms with van der Waals surface area (Å²) in [7, 11) is 2.82. The first-order valence-corrected chi connectivity index (χ1v) is 7.61. The minimum absolute atomic E-state index is 0.142. The molecular formula is C19H18O6. The summed E-state index contributed by atoms with van der Waals surface area (Å²) in [4.78, 5) is 12.4. The second-order valence-electron chi connectivity index (χ2n) is 5.50. The molecule has 3 rings (SSSR count). The van der Waals surface area contributed by atoms with Gasteiger partial charge in [-0.25, -0.2) is 0 Å². The first-order chi connectivity index (χ1) is 12.0. The van der Waals surface area contributed by atoms with Gasteiger partial charge in [0, 0.05) is 5.56 Å². The standard InChI is InChI=1S/C19H18O6/c1-11-6-12(7-17-19(11)25-10-24-17)4-5-14(20)13-8-15(22-2)18(21)16(9-13)23-3/h4-9,21H,10H2,1-3H3/b5-4+. The van der Waals surface area contributed by atoms with Gasteiger partial charge in [-0.15, -0.1) is 0 Å². The molecule has 1 N–H and O–H groups in total. The van der Waals surface area contributed by atoms with E-state index in [1.807, 2.05) is 19.1 Å². The van der Waals surface area contributed by atoms with Crippen molar-refractivity contribution >= 4 is 11.9 Å². The van der Waals surface area contributed by atoms with Crippen molar-refractivity contribution in [2.75, 3.05) is 21.0 Å². The number of benzene rings is 2. The molecule has 1 aliphatic rings. The van der Waals surface area contributed by atoms with Gasteiger partial charge in [0.1, 0.15) is 0 Å². The molecule has 0 bridgehead atoms. The summed E-state index contributed by atoms with van der Waals surface area (Å²) in [5.41, 5.74) is 2.11. The van der Waals surface area contributed by atoms with Crippen LogP contribution in [0.3, 0.4) is 0 Å². The van der Waals surface area contributed by atoms with Crippen LogP contribution >= 0.6 is 0 Å². The number of ether oxygens (including phenoxy) is 4. The number of allylic oxidation sites excluding steroid dienone is 1. The van der Waals surface area contributed by atoms with Gasteiger partial charge in [-0.1, -0.05) is 6.08 Å². The average Bonchev–Trinajstić information content (AvgIpc) is 3.09. The summed E-state index contributed by atoms with van der Waals surface area (Å²) < 4.78 is 20.9. The Morgan fingerprint density at radius 2 is 1.80 bits per heavy atom. The van der Waals surface area contributed by atoms with Crippen LogP contribution in [0.4, 0.5) is 0 Å². The zero-order valence-corrected chi connectivity index (χ0v) is 14.2. The lowest BCUT2D eigenvalue weighted by Gasteiger charge is -2.09. The zero-order valence-electron chi connectivity index (χ0n) is 14.2. The minimum atomic E-state index is -0.244. The number of carbonyl (C=O) groups is 1. The highest BCUT2D eigenvalue weighted by atomic mass is 16.7.